The summed E-state index contributed by atoms with van der Waals surface area (Å²) in [7, 11) is 0. The van der Waals surface area contributed by atoms with Crippen molar-refractivity contribution in [1.29, 1.82) is 0 Å². The first-order valence-electron chi connectivity index (χ1n) is 6.92. The topological polar surface area (TPSA) is 87.4 Å². The maximum absolute atomic E-state index is 11.8. The number of rotatable bonds is 1. The van der Waals surface area contributed by atoms with Gasteiger partial charge in [-0.3, -0.25) is 4.79 Å². The molecule has 0 saturated heterocycles. The van der Waals surface area contributed by atoms with E-state index in [-0.39, 0.29) is 42.5 Å². The van der Waals surface area contributed by atoms with Crippen LogP contribution in [0.15, 0.2) is 71.5 Å². The third-order valence-electron chi connectivity index (χ3n) is 3.05. The monoisotopic (exact) mass is 541 g/mol. The Labute approximate surface area is 162 Å². The molecule has 4 rings (SSSR count). The summed E-state index contributed by atoms with van der Waals surface area (Å²) >= 11 is 0. The van der Waals surface area contributed by atoms with Gasteiger partial charge in [0.05, 0.1) is 11.2 Å². The number of aromatic nitrogens is 4. The number of benzene rings is 2. The van der Waals surface area contributed by atoms with Gasteiger partial charge in [-0.25, -0.2) is 0 Å². The van der Waals surface area contributed by atoms with Gasteiger partial charge in [0.1, 0.15) is 5.52 Å². The molecule has 0 aliphatic rings. The minimum atomic E-state index is -0.257. The van der Waals surface area contributed by atoms with Crippen LogP contribution in [0.25, 0.3) is 22.5 Å². The van der Waals surface area contributed by atoms with Crippen LogP contribution in [0.4, 0.5) is 5.82 Å². The summed E-state index contributed by atoms with van der Waals surface area (Å²) in [5.41, 5.74) is 8.82. The quantitative estimate of drug-likeness (QED) is 0.376. The largest absolute Gasteiger partial charge is 2.00 e. The zero-order valence-corrected chi connectivity index (χ0v) is 16.8. The Balaban J connectivity index is 0.000000254. The first kappa shape index (κ1) is 18.0. The molecule has 0 amide bonds. The second kappa shape index (κ2) is 8.48. The average Bonchev–Trinajstić information content (AvgIpc) is 2.97. The van der Waals surface area contributed by atoms with E-state index < -0.39 is 0 Å². The molecule has 0 saturated carbocycles. The number of fused-ring (bicyclic) bond motifs is 1. The van der Waals surface area contributed by atoms with Crippen molar-refractivity contribution in [2.75, 3.05) is 0 Å². The van der Waals surface area contributed by atoms with Crippen molar-refractivity contribution in [3.8, 4) is 5.69 Å². The van der Waals surface area contributed by atoms with Gasteiger partial charge in [0.15, 0.2) is 0 Å². The van der Waals surface area contributed by atoms with Crippen molar-refractivity contribution >= 4 is 16.9 Å². The predicted molar refractivity (Wildman–Crippen MR) is 88.7 cm³/mol. The molecule has 0 aliphatic heterocycles. The average molecular weight is 541 g/mol. The van der Waals surface area contributed by atoms with Gasteiger partial charge in [-0.15, -0.1) is 0 Å². The second-order valence-electron chi connectivity index (χ2n) is 4.64. The Bertz CT molecular complexity index is 924. The number of aromatic amines is 1. The molecule has 0 aliphatic carbocycles. The standard InChI is InChI=1S/C11H9N5O.C6H5.U/c12-11-10-8(13-14-11)6-9(17)16(15-10)7-4-2-1-3-5-7;1-2-4-6-5-3-1;/h1-6H,(H3,12,13,14,15,17);1-5H;/q;-1;+2/p-1. The summed E-state index contributed by atoms with van der Waals surface area (Å²) < 4.78 is 1.26. The van der Waals surface area contributed by atoms with Crippen LogP contribution in [-0.4, -0.2) is 20.0 Å². The minimum absolute atomic E-state index is 0. The van der Waals surface area contributed by atoms with E-state index in [2.05, 4.69) is 21.4 Å². The van der Waals surface area contributed by atoms with Gasteiger partial charge < -0.3 is 15.9 Å². The SMILES string of the molecule is [NH-]c1n[nH]c2cc(=O)n(-c3ccccc3)nc12.[U+2].[c-]1ccccc1. The van der Waals surface area contributed by atoms with Gasteiger partial charge in [-0.2, -0.15) is 46.2 Å². The van der Waals surface area contributed by atoms with Crippen LogP contribution in [-0.2, 0) is 0 Å². The van der Waals surface area contributed by atoms with Crippen LogP contribution >= 0.6 is 0 Å². The number of nitrogens with zero attached hydrogens (tertiary/aromatic N) is 3. The molecule has 0 fully saturated rings. The number of nitrogens with one attached hydrogen (secondary N) is 2. The van der Waals surface area contributed by atoms with E-state index in [0.717, 1.165) is 0 Å². The summed E-state index contributed by atoms with van der Waals surface area (Å²) in [5.74, 6) is 0.0321. The van der Waals surface area contributed by atoms with E-state index in [4.69, 9.17) is 5.73 Å². The molecule has 2 heterocycles. The third kappa shape index (κ3) is 4.13. The van der Waals surface area contributed by atoms with Gasteiger partial charge in [0.2, 0.25) is 0 Å². The van der Waals surface area contributed by atoms with Crippen molar-refractivity contribution in [3.63, 3.8) is 0 Å². The zero-order valence-electron chi connectivity index (χ0n) is 12.6. The third-order valence-corrected chi connectivity index (χ3v) is 3.05. The summed E-state index contributed by atoms with van der Waals surface area (Å²) in [4.78, 5) is 11.8. The molecule has 0 bridgehead atoms. The maximum atomic E-state index is 11.8. The minimum Gasteiger partial charge on any atom is -0.479 e. The zero-order chi connectivity index (χ0) is 16.1. The van der Waals surface area contributed by atoms with Crippen LogP contribution in [0, 0.1) is 37.2 Å². The maximum Gasteiger partial charge on any atom is 2.00 e. The molecule has 2 aromatic heterocycles. The first-order chi connectivity index (χ1) is 11.3. The molecule has 7 heteroatoms. The molecule has 24 heavy (non-hydrogen) atoms. The van der Waals surface area contributed by atoms with Gasteiger partial charge in [-0.05, 0) is 18.0 Å². The van der Waals surface area contributed by atoms with Gasteiger partial charge in [0, 0.05) is 6.07 Å². The van der Waals surface area contributed by atoms with Crippen molar-refractivity contribution in [1.82, 2.24) is 20.0 Å². The first-order valence-corrected chi connectivity index (χ1v) is 6.92. The summed E-state index contributed by atoms with van der Waals surface area (Å²) in [5, 5.41) is 10.4. The molecule has 116 valence electrons. The predicted octanol–water partition coefficient (Wildman–Crippen LogP) is 3.28. The number of H-pyrrole nitrogens is 1. The Morgan fingerprint density at radius 1 is 1.04 bits per heavy atom. The fourth-order valence-corrected chi connectivity index (χ4v) is 1.98. The van der Waals surface area contributed by atoms with E-state index in [1.165, 1.54) is 10.7 Å². The van der Waals surface area contributed by atoms with Crippen LogP contribution in [0.3, 0.4) is 0 Å². The fourth-order valence-electron chi connectivity index (χ4n) is 1.98. The van der Waals surface area contributed by atoms with E-state index in [0.29, 0.717) is 16.7 Å². The summed E-state index contributed by atoms with van der Waals surface area (Å²) in [6.07, 6.45) is 0. The number of para-hydroxylation sites is 1. The van der Waals surface area contributed by atoms with Crippen LogP contribution in [0.1, 0.15) is 0 Å². The van der Waals surface area contributed by atoms with Gasteiger partial charge in [-0.1, -0.05) is 18.2 Å². The van der Waals surface area contributed by atoms with E-state index in [1.807, 2.05) is 48.5 Å². The van der Waals surface area contributed by atoms with E-state index in [1.54, 1.807) is 12.1 Å². The molecule has 0 unspecified atom stereocenters. The molecule has 0 spiro atoms. The van der Waals surface area contributed by atoms with Crippen molar-refractivity contribution in [2.45, 2.75) is 0 Å². The Kier molecular flexibility index (Phi) is 6.36. The molecule has 6 nitrogen and oxygen atoms in total. The Morgan fingerprint density at radius 2 is 1.71 bits per heavy atom. The molecule has 0 radical (unpaired) electrons. The van der Waals surface area contributed by atoms with Gasteiger partial charge in [0.25, 0.3) is 5.56 Å². The normalized spacial score (nSPS) is 9.67. The molecular formula is C17H13N5OU. The van der Waals surface area contributed by atoms with Crippen LogP contribution in [0.5, 0.6) is 0 Å². The van der Waals surface area contributed by atoms with Gasteiger partial charge >= 0.3 is 31.1 Å². The van der Waals surface area contributed by atoms with Crippen molar-refractivity contribution in [3.05, 3.63) is 88.9 Å². The fraction of sp³-hybridized carbons (Fsp3) is 0. The number of hydrogen-bond acceptors (Lipinski definition) is 3. The molecule has 4 aromatic rings. The molecule has 2 N–H and O–H groups in total. The Morgan fingerprint density at radius 3 is 2.29 bits per heavy atom. The molecular weight excluding hydrogens is 528 g/mol. The Hall–Kier alpha value is -2.36. The van der Waals surface area contributed by atoms with E-state index >= 15 is 0 Å². The molecule has 2 aromatic carbocycles. The molecule has 0 atom stereocenters. The van der Waals surface area contributed by atoms with Crippen molar-refractivity contribution < 1.29 is 31.1 Å². The summed E-state index contributed by atoms with van der Waals surface area (Å²) in [6, 6.07) is 23.0. The number of hydrogen-bond donors (Lipinski definition) is 1. The van der Waals surface area contributed by atoms with Crippen LogP contribution in [0.2, 0.25) is 0 Å². The smallest absolute Gasteiger partial charge is 0.479 e. The van der Waals surface area contributed by atoms with E-state index in [9.17, 15) is 4.79 Å². The van der Waals surface area contributed by atoms with Crippen molar-refractivity contribution in [2.24, 2.45) is 0 Å². The second-order valence-corrected chi connectivity index (χ2v) is 4.64. The van der Waals surface area contributed by atoms with Crippen LogP contribution < -0.4 is 5.56 Å². The summed E-state index contributed by atoms with van der Waals surface area (Å²) in [6.45, 7) is 0.